The van der Waals surface area contributed by atoms with Crippen molar-refractivity contribution in [3.05, 3.63) is 0 Å². The molecule has 0 heterocycles. The van der Waals surface area contributed by atoms with Crippen LogP contribution in [0, 0.1) is 29.6 Å². The van der Waals surface area contributed by atoms with Crippen LogP contribution in [0.5, 0.6) is 0 Å². The van der Waals surface area contributed by atoms with E-state index >= 15 is 0 Å². The highest BCUT2D eigenvalue weighted by atomic mass is 16.5. The van der Waals surface area contributed by atoms with Crippen molar-refractivity contribution >= 4 is 5.97 Å². The van der Waals surface area contributed by atoms with E-state index < -0.39 is 0 Å². The van der Waals surface area contributed by atoms with Crippen molar-refractivity contribution < 1.29 is 9.53 Å². The molecule has 0 bridgehead atoms. The lowest BCUT2D eigenvalue weighted by atomic mass is 9.70. The van der Waals surface area contributed by atoms with Crippen LogP contribution >= 0.6 is 0 Å². The highest BCUT2D eigenvalue weighted by Crippen LogP contribution is 2.42. The van der Waals surface area contributed by atoms with E-state index in [0.29, 0.717) is 0 Å². The van der Waals surface area contributed by atoms with Gasteiger partial charge in [0.1, 0.15) is 6.10 Å². The zero-order chi connectivity index (χ0) is 19.1. The number of esters is 1. The molecule has 0 N–H and O–H groups in total. The van der Waals surface area contributed by atoms with Gasteiger partial charge >= 0.3 is 5.97 Å². The van der Waals surface area contributed by atoms with Gasteiger partial charge in [0.05, 0.1) is 5.92 Å². The van der Waals surface area contributed by atoms with Crippen LogP contribution in [0.15, 0.2) is 0 Å². The van der Waals surface area contributed by atoms with Crippen molar-refractivity contribution in [1.29, 1.82) is 0 Å². The number of hydrogen-bond acceptors (Lipinski definition) is 2. The van der Waals surface area contributed by atoms with Crippen molar-refractivity contribution in [2.45, 2.75) is 123 Å². The summed E-state index contributed by atoms with van der Waals surface area (Å²) in [6, 6.07) is 0. The van der Waals surface area contributed by atoms with Gasteiger partial charge in [-0.15, -0.1) is 0 Å². The molecule has 0 atom stereocenters. The monoisotopic (exact) mass is 376 g/mol. The first-order chi connectivity index (χ1) is 13.2. The minimum atomic E-state index is 0.133. The Morgan fingerprint density at radius 1 is 0.667 bits per heavy atom. The normalized spacial score (nSPS) is 37.7. The number of carbonyl (C=O) groups is 1. The van der Waals surface area contributed by atoms with E-state index in [1.807, 2.05) is 0 Å². The third-order valence-corrected chi connectivity index (χ3v) is 8.13. The Morgan fingerprint density at radius 2 is 1.11 bits per heavy atom. The largest absolute Gasteiger partial charge is 0.462 e. The average molecular weight is 377 g/mol. The van der Waals surface area contributed by atoms with Crippen molar-refractivity contribution in [3.8, 4) is 0 Å². The van der Waals surface area contributed by atoms with Gasteiger partial charge in [-0.2, -0.15) is 0 Å². The van der Waals surface area contributed by atoms with Crippen LogP contribution in [0.1, 0.15) is 117 Å². The summed E-state index contributed by atoms with van der Waals surface area (Å²) in [6.45, 7) is 4.60. The quantitative estimate of drug-likeness (QED) is 0.436. The van der Waals surface area contributed by atoms with Gasteiger partial charge in [0.25, 0.3) is 0 Å². The molecule has 0 spiro atoms. The Hall–Kier alpha value is -0.530. The summed E-state index contributed by atoms with van der Waals surface area (Å²) >= 11 is 0. The average Bonchev–Trinajstić information content (AvgIpc) is 2.70. The number of hydrogen-bond donors (Lipinski definition) is 0. The Morgan fingerprint density at radius 3 is 1.59 bits per heavy atom. The van der Waals surface area contributed by atoms with E-state index in [1.165, 1.54) is 77.0 Å². The fourth-order valence-corrected chi connectivity index (χ4v) is 6.39. The Bertz CT molecular complexity index is 422. The van der Waals surface area contributed by atoms with E-state index in [-0.39, 0.29) is 18.0 Å². The summed E-state index contributed by atoms with van der Waals surface area (Å²) in [7, 11) is 0. The van der Waals surface area contributed by atoms with Crippen LogP contribution in [-0.4, -0.2) is 12.1 Å². The molecular formula is C25H44O2. The molecule has 2 nitrogen and oxygen atoms in total. The molecule has 0 saturated heterocycles. The summed E-state index contributed by atoms with van der Waals surface area (Å²) < 4.78 is 5.97. The van der Waals surface area contributed by atoms with Crippen LogP contribution in [0.4, 0.5) is 0 Å². The molecule has 3 saturated carbocycles. The zero-order valence-corrected chi connectivity index (χ0v) is 18.1. The molecule has 0 amide bonds. The van der Waals surface area contributed by atoms with E-state index in [4.69, 9.17) is 4.74 Å². The number of rotatable bonds is 7. The third-order valence-electron chi connectivity index (χ3n) is 8.13. The predicted molar refractivity (Wildman–Crippen MR) is 113 cm³/mol. The fraction of sp³-hybridized carbons (Fsp3) is 0.960. The van der Waals surface area contributed by atoms with Crippen LogP contribution in [0.3, 0.4) is 0 Å². The van der Waals surface area contributed by atoms with E-state index in [1.54, 1.807) is 0 Å². The molecule has 2 heteroatoms. The SMILES string of the molecule is CCC[C@H]1CC[C@H](C(=O)OC2CCC([C@H]3CC[C@H](CCC)CC3)CC2)CC1. The highest BCUT2D eigenvalue weighted by Gasteiger charge is 2.33. The van der Waals surface area contributed by atoms with Crippen LogP contribution < -0.4 is 0 Å². The van der Waals surface area contributed by atoms with Crippen molar-refractivity contribution in [3.63, 3.8) is 0 Å². The molecule has 0 aromatic heterocycles. The fourth-order valence-electron chi connectivity index (χ4n) is 6.39. The lowest BCUT2D eigenvalue weighted by molar-refractivity contribution is -0.157. The molecular weight excluding hydrogens is 332 g/mol. The second kappa shape index (κ2) is 10.9. The molecule has 0 aliphatic heterocycles. The molecule has 3 fully saturated rings. The van der Waals surface area contributed by atoms with Crippen LogP contribution in [0.2, 0.25) is 0 Å². The molecule has 0 aromatic rings. The summed E-state index contributed by atoms with van der Waals surface area (Å²) in [6.07, 6.45) is 20.9. The van der Waals surface area contributed by atoms with Crippen LogP contribution in [-0.2, 0) is 9.53 Å². The lowest BCUT2D eigenvalue weighted by Gasteiger charge is -2.38. The first-order valence-corrected chi connectivity index (χ1v) is 12.4. The summed E-state index contributed by atoms with van der Waals surface area (Å²) in [5.74, 6) is 4.08. The maximum atomic E-state index is 12.6. The van der Waals surface area contributed by atoms with Gasteiger partial charge in [-0.1, -0.05) is 52.4 Å². The third kappa shape index (κ3) is 6.23. The lowest BCUT2D eigenvalue weighted by Crippen LogP contribution is -2.32. The molecule has 3 aliphatic carbocycles. The van der Waals surface area contributed by atoms with Gasteiger partial charge in [-0.3, -0.25) is 4.79 Å². The van der Waals surface area contributed by atoms with Gasteiger partial charge in [0, 0.05) is 0 Å². The Balaban J connectivity index is 1.33. The van der Waals surface area contributed by atoms with Crippen LogP contribution in [0.25, 0.3) is 0 Å². The second-order valence-electron chi connectivity index (χ2n) is 10.0. The smallest absolute Gasteiger partial charge is 0.309 e. The standard InChI is InChI=1S/C25H44O2/c1-3-5-19-7-11-21(12-8-19)22-15-17-24(18-16-22)27-25(26)23-13-9-20(6-4-2)10-14-23/h19-24H,3-18H2,1-2H3/t19-,20-,21-,22?,23-,24?. The van der Waals surface area contributed by atoms with Gasteiger partial charge in [0.15, 0.2) is 0 Å². The molecule has 0 aromatic carbocycles. The molecule has 27 heavy (non-hydrogen) atoms. The Labute approximate surface area is 168 Å². The van der Waals surface area contributed by atoms with Gasteiger partial charge in [-0.25, -0.2) is 0 Å². The molecule has 0 radical (unpaired) electrons. The predicted octanol–water partition coefficient (Wildman–Crippen LogP) is 7.30. The molecule has 3 aliphatic rings. The number of ether oxygens (including phenoxy) is 1. The molecule has 156 valence electrons. The number of carbonyl (C=O) groups excluding carboxylic acids is 1. The topological polar surface area (TPSA) is 26.3 Å². The summed E-state index contributed by atoms with van der Waals surface area (Å²) in [4.78, 5) is 12.6. The highest BCUT2D eigenvalue weighted by molar-refractivity contribution is 5.72. The summed E-state index contributed by atoms with van der Waals surface area (Å²) in [5.41, 5.74) is 0. The van der Waals surface area contributed by atoms with Crippen molar-refractivity contribution in [2.75, 3.05) is 0 Å². The minimum absolute atomic E-state index is 0.133. The Kier molecular flexibility index (Phi) is 8.52. The molecule has 0 unspecified atom stereocenters. The van der Waals surface area contributed by atoms with Crippen molar-refractivity contribution in [1.82, 2.24) is 0 Å². The first kappa shape index (κ1) is 21.2. The first-order valence-electron chi connectivity index (χ1n) is 12.4. The van der Waals surface area contributed by atoms with Gasteiger partial charge in [-0.05, 0) is 87.9 Å². The van der Waals surface area contributed by atoms with E-state index in [0.717, 1.165) is 49.4 Å². The van der Waals surface area contributed by atoms with E-state index in [9.17, 15) is 4.79 Å². The zero-order valence-electron chi connectivity index (χ0n) is 18.1. The molecule has 3 rings (SSSR count). The maximum absolute atomic E-state index is 12.6. The van der Waals surface area contributed by atoms with Gasteiger partial charge in [0.2, 0.25) is 0 Å². The maximum Gasteiger partial charge on any atom is 0.309 e. The van der Waals surface area contributed by atoms with Gasteiger partial charge < -0.3 is 4.74 Å². The minimum Gasteiger partial charge on any atom is -0.462 e. The second-order valence-corrected chi connectivity index (χ2v) is 10.0. The van der Waals surface area contributed by atoms with Crippen molar-refractivity contribution in [2.24, 2.45) is 29.6 Å². The summed E-state index contributed by atoms with van der Waals surface area (Å²) in [5, 5.41) is 0. The van der Waals surface area contributed by atoms with E-state index in [2.05, 4.69) is 13.8 Å².